The molecule has 1 nitrogen and oxygen atoms in total. The Hall–Kier alpha value is -0.820. The smallest absolute Gasteiger partial charge is 0.0456 e. The zero-order valence-corrected chi connectivity index (χ0v) is 13.9. The fraction of sp³-hybridized carbons (Fsp3) is 0.700. The first kappa shape index (κ1) is 18.2. The highest BCUT2D eigenvalue weighted by molar-refractivity contribution is 5.14. The molecule has 0 saturated heterocycles. The van der Waals surface area contributed by atoms with E-state index in [0.29, 0.717) is 12.5 Å². The minimum absolute atomic E-state index is 0.350. The maximum absolute atomic E-state index is 8.95. The van der Waals surface area contributed by atoms with Crippen molar-refractivity contribution in [3.63, 3.8) is 0 Å². The van der Waals surface area contributed by atoms with Gasteiger partial charge in [-0.2, -0.15) is 0 Å². The summed E-state index contributed by atoms with van der Waals surface area (Å²) in [5, 5.41) is 8.95. The van der Waals surface area contributed by atoms with Gasteiger partial charge in [0.05, 0.1) is 0 Å². The standard InChI is InChI=1S/C20H34O/c1-19(18-21)14-10-7-5-3-2-4-6-8-11-15-20-16-12-9-13-17-20/h9,12-13,16-17,19,21H,2-8,10-11,14-15,18H2,1H3. The minimum atomic E-state index is 0.350. The van der Waals surface area contributed by atoms with E-state index in [0.717, 1.165) is 0 Å². The summed E-state index contributed by atoms with van der Waals surface area (Å²) in [7, 11) is 0. The quantitative estimate of drug-likeness (QED) is 0.458. The topological polar surface area (TPSA) is 20.2 Å². The van der Waals surface area contributed by atoms with E-state index in [9.17, 15) is 0 Å². The Labute approximate surface area is 131 Å². The van der Waals surface area contributed by atoms with Gasteiger partial charge in [-0.05, 0) is 30.7 Å². The number of hydrogen-bond acceptors (Lipinski definition) is 1. The van der Waals surface area contributed by atoms with E-state index in [-0.39, 0.29) is 0 Å². The molecule has 1 N–H and O–H groups in total. The van der Waals surface area contributed by atoms with Crippen LogP contribution in [-0.2, 0) is 6.42 Å². The highest BCUT2D eigenvalue weighted by Crippen LogP contribution is 2.14. The molecule has 0 amide bonds. The van der Waals surface area contributed by atoms with Gasteiger partial charge in [0.25, 0.3) is 0 Å². The number of aliphatic hydroxyl groups excluding tert-OH is 1. The molecule has 0 spiro atoms. The van der Waals surface area contributed by atoms with Gasteiger partial charge in [0.2, 0.25) is 0 Å². The molecule has 0 heterocycles. The SMILES string of the molecule is CC(CO)CCCCCCCCCCCc1ccccc1. The molecule has 0 saturated carbocycles. The van der Waals surface area contributed by atoms with Crippen LogP contribution in [0.2, 0.25) is 0 Å². The molecule has 0 aromatic heterocycles. The lowest BCUT2D eigenvalue weighted by atomic mass is 10.0. The molecule has 120 valence electrons. The summed E-state index contributed by atoms with van der Waals surface area (Å²) in [5.41, 5.74) is 1.48. The second-order valence-electron chi connectivity index (χ2n) is 6.49. The maximum atomic E-state index is 8.95. The van der Waals surface area contributed by atoms with E-state index in [1.54, 1.807) is 0 Å². The van der Waals surface area contributed by atoms with Crippen LogP contribution in [-0.4, -0.2) is 11.7 Å². The van der Waals surface area contributed by atoms with Crippen molar-refractivity contribution in [2.75, 3.05) is 6.61 Å². The van der Waals surface area contributed by atoms with Crippen LogP contribution in [0.25, 0.3) is 0 Å². The minimum Gasteiger partial charge on any atom is -0.396 e. The first-order valence-corrected chi connectivity index (χ1v) is 8.97. The summed E-state index contributed by atoms with van der Waals surface area (Å²) < 4.78 is 0. The van der Waals surface area contributed by atoms with E-state index >= 15 is 0 Å². The van der Waals surface area contributed by atoms with E-state index in [4.69, 9.17) is 5.11 Å². The van der Waals surface area contributed by atoms with Gasteiger partial charge in [0, 0.05) is 6.61 Å². The van der Waals surface area contributed by atoms with Crippen molar-refractivity contribution in [1.29, 1.82) is 0 Å². The van der Waals surface area contributed by atoms with Crippen molar-refractivity contribution in [3.05, 3.63) is 35.9 Å². The molecular weight excluding hydrogens is 256 g/mol. The molecule has 0 aliphatic carbocycles. The predicted molar refractivity (Wildman–Crippen MR) is 92.6 cm³/mol. The van der Waals surface area contributed by atoms with Crippen molar-refractivity contribution in [2.24, 2.45) is 5.92 Å². The summed E-state index contributed by atoms with van der Waals surface area (Å²) in [6.45, 7) is 2.48. The van der Waals surface area contributed by atoms with Crippen LogP contribution < -0.4 is 0 Å². The number of benzene rings is 1. The summed E-state index contributed by atoms with van der Waals surface area (Å²) in [5.74, 6) is 0.495. The van der Waals surface area contributed by atoms with E-state index in [2.05, 4.69) is 37.3 Å². The molecule has 1 aromatic carbocycles. The number of rotatable bonds is 13. The largest absolute Gasteiger partial charge is 0.396 e. The molecule has 0 bridgehead atoms. The monoisotopic (exact) mass is 290 g/mol. The average molecular weight is 290 g/mol. The first-order valence-electron chi connectivity index (χ1n) is 8.97. The number of aryl methyl sites for hydroxylation is 1. The van der Waals surface area contributed by atoms with Gasteiger partial charge in [-0.1, -0.05) is 88.6 Å². The second-order valence-corrected chi connectivity index (χ2v) is 6.49. The van der Waals surface area contributed by atoms with Crippen molar-refractivity contribution in [1.82, 2.24) is 0 Å². The summed E-state index contributed by atoms with van der Waals surface area (Å²) in [6.07, 6.45) is 14.8. The highest BCUT2D eigenvalue weighted by atomic mass is 16.3. The summed E-state index contributed by atoms with van der Waals surface area (Å²) >= 11 is 0. The Morgan fingerprint density at radius 3 is 1.86 bits per heavy atom. The van der Waals surface area contributed by atoms with Crippen LogP contribution in [0.15, 0.2) is 30.3 Å². The van der Waals surface area contributed by atoms with E-state index in [1.807, 2.05) is 0 Å². The van der Waals surface area contributed by atoms with Gasteiger partial charge >= 0.3 is 0 Å². The normalized spacial score (nSPS) is 12.5. The van der Waals surface area contributed by atoms with Crippen molar-refractivity contribution < 1.29 is 5.11 Å². The molecule has 1 unspecified atom stereocenters. The van der Waals surface area contributed by atoms with E-state index < -0.39 is 0 Å². The Morgan fingerprint density at radius 1 is 0.762 bits per heavy atom. The molecule has 0 aliphatic rings. The molecule has 0 aliphatic heterocycles. The molecule has 21 heavy (non-hydrogen) atoms. The number of hydrogen-bond donors (Lipinski definition) is 1. The van der Waals surface area contributed by atoms with E-state index in [1.165, 1.54) is 76.2 Å². The lowest BCUT2D eigenvalue weighted by molar-refractivity contribution is 0.227. The van der Waals surface area contributed by atoms with Gasteiger partial charge in [-0.25, -0.2) is 0 Å². The Morgan fingerprint density at radius 2 is 1.29 bits per heavy atom. The first-order chi connectivity index (χ1) is 10.3. The molecule has 0 radical (unpaired) electrons. The third kappa shape index (κ3) is 10.5. The van der Waals surface area contributed by atoms with Crippen LogP contribution in [0.4, 0.5) is 0 Å². The van der Waals surface area contributed by atoms with Gasteiger partial charge in [0.1, 0.15) is 0 Å². The Bertz CT molecular complexity index is 320. The van der Waals surface area contributed by atoms with Crippen LogP contribution in [0.5, 0.6) is 0 Å². The second kappa shape index (κ2) is 12.9. The lowest BCUT2D eigenvalue weighted by Crippen LogP contribution is -1.99. The van der Waals surface area contributed by atoms with Crippen molar-refractivity contribution in [3.8, 4) is 0 Å². The van der Waals surface area contributed by atoms with Crippen LogP contribution in [0.1, 0.15) is 76.7 Å². The predicted octanol–water partition coefficient (Wildman–Crippen LogP) is 5.76. The molecule has 1 atom stereocenters. The van der Waals surface area contributed by atoms with Crippen LogP contribution in [0, 0.1) is 5.92 Å². The van der Waals surface area contributed by atoms with Crippen molar-refractivity contribution in [2.45, 2.75) is 77.6 Å². The van der Waals surface area contributed by atoms with Crippen molar-refractivity contribution >= 4 is 0 Å². The number of aliphatic hydroxyl groups is 1. The Kier molecular flexibility index (Phi) is 11.2. The number of unbranched alkanes of at least 4 members (excludes halogenated alkanes) is 8. The van der Waals surface area contributed by atoms with Gasteiger partial charge in [-0.3, -0.25) is 0 Å². The lowest BCUT2D eigenvalue weighted by Gasteiger charge is -2.07. The third-order valence-corrected chi connectivity index (χ3v) is 4.32. The third-order valence-electron chi connectivity index (χ3n) is 4.32. The molecule has 1 heteroatoms. The van der Waals surface area contributed by atoms with Gasteiger partial charge in [-0.15, -0.1) is 0 Å². The molecule has 1 aromatic rings. The van der Waals surface area contributed by atoms with Gasteiger partial charge < -0.3 is 5.11 Å². The molecular formula is C20H34O. The fourth-order valence-corrected chi connectivity index (χ4v) is 2.80. The highest BCUT2D eigenvalue weighted by Gasteiger charge is 1.99. The van der Waals surface area contributed by atoms with Crippen LogP contribution >= 0.6 is 0 Å². The Balaban J connectivity index is 1.79. The summed E-state index contributed by atoms with van der Waals surface area (Å²) in [6, 6.07) is 10.8. The summed E-state index contributed by atoms with van der Waals surface area (Å²) in [4.78, 5) is 0. The molecule has 0 fully saturated rings. The molecule has 1 rings (SSSR count). The zero-order valence-electron chi connectivity index (χ0n) is 13.9. The maximum Gasteiger partial charge on any atom is 0.0456 e. The zero-order chi connectivity index (χ0) is 15.2. The fourth-order valence-electron chi connectivity index (χ4n) is 2.80. The van der Waals surface area contributed by atoms with Crippen LogP contribution in [0.3, 0.4) is 0 Å². The average Bonchev–Trinajstić information content (AvgIpc) is 2.53. The van der Waals surface area contributed by atoms with Gasteiger partial charge in [0.15, 0.2) is 0 Å².